The minimum atomic E-state index is 0.587. The highest BCUT2D eigenvalue weighted by Crippen LogP contribution is 2.38. The second kappa shape index (κ2) is 5.05. The van der Waals surface area contributed by atoms with Crippen molar-refractivity contribution in [1.82, 2.24) is 10.2 Å². The van der Waals surface area contributed by atoms with Crippen molar-refractivity contribution in [3.05, 3.63) is 0 Å². The first-order chi connectivity index (χ1) is 7.61. The Labute approximate surface area is 101 Å². The van der Waals surface area contributed by atoms with E-state index in [9.17, 15) is 0 Å². The van der Waals surface area contributed by atoms with Gasteiger partial charge in [0, 0.05) is 12.6 Å². The van der Waals surface area contributed by atoms with E-state index in [1.54, 1.807) is 0 Å². The molecule has 0 amide bonds. The molecular formula is C14H28N2. The Bertz CT molecular complexity index is 225. The van der Waals surface area contributed by atoms with Crippen LogP contribution >= 0.6 is 0 Å². The van der Waals surface area contributed by atoms with Crippen LogP contribution in [0.2, 0.25) is 0 Å². The quantitative estimate of drug-likeness (QED) is 0.792. The molecule has 2 atom stereocenters. The van der Waals surface area contributed by atoms with Gasteiger partial charge in [-0.3, -0.25) is 0 Å². The molecule has 94 valence electrons. The van der Waals surface area contributed by atoms with Crippen molar-refractivity contribution in [2.24, 2.45) is 11.3 Å². The van der Waals surface area contributed by atoms with Crippen LogP contribution in [-0.2, 0) is 0 Å². The fraction of sp³-hybridized carbons (Fsp3) is 1.00. The summed E-state index contributed by atoms with van der Waals surface area (Å²) in [6.45, 7) is 8.77. The van der Waals surface area contributed by atoms with Gasteiger partial charge >= 0.3 is 0 Å². The maximum atomic E-state index is 3.32. The summed E-state index contributed by atoms with van der Waals surface area (Å²) in [7, 11) is 2.08. The van der Waals surface area contributed by atoms with Crippen LogP contribution in [-0.4, -0.2) is 37.6 Å². The number of likely N-dealkylation sites (tertiary alicyclic amines) is 1. The predicted octanol–water partition coefficient (Wildman–Crippen LogP) is 2.50. The zero-order valence-corrected chi connectivity index (χ0v) is 11.3. The lowest BCUT2D eigenvalue weighted by atomic mass is 9.75. The van der Waals surface area contributed by atoms with Crippen molar-refractivity contribution < 1.29 is 0 Å². The molecule has 0 spiro atoms. The molecule has 1 aliphatic carbocycles. The number of nitrogens with one attached hydrogen (secondary N) is 1. The molecule has 0 aromatic heterocycles. The highest BCUT2D eigenvalue weighted by molar-refractivity contribution is 4.89. The topological polar surface area (TPSA) is 15.3 Å². The Morgan fingerprint density at radius 3 is 2.81 bits per heavy atom. The number of rotatable bonds is 3. The minimum absolute atomic E-state index is 0.587. The Kier molecular flexibility index (Phi) is 3.91. The molecule has 0 radical (unpaired) electrons. The van der Waals surface area contributed by atoms with Gasteiger partial charge in [-0.2, -0.15) is 0 Å². The zero-order valence-electron chi connectivity index (χ0n) is 11.3. The Morgan fingerprint density at radius 2 is 2.12 bits per heavy atom. The summed E-state index contributed by atoms with van der Waals surface area (Å²) in [5.41, 5.74) is 0.587. The molecule has 2 rings (SSSR count). The van der Waals surface area contributed by atoms with Crippen LogP contribution in [0.1, 0.15) is 46.0 Å². The molecule has 1 N–H and O–H groups in total. The van der Waals surface area contributed by atoms with Gasteiger partial charge in [0.1, 0.15) is 0 Å². The van der Waals surface area contributed by atoms with E-state index in [4.69, 9.17) is 0 Å². The van der Waals surface area contributed by atoms with E-state index in [0.717, 1.165) is 12.0 Å². The van der Waals surface area contributed by atoms with Crippen molar-refractivity contribution in [1.29, 1.82) is 0 Å². The van der Waals surface area contributed by atoms with Crippen molar-refractivity contribution in [3.8, 4) is 0 Å². The fourth-order valence-corrected chi connectivity index (χ4v) is 3.62. The number of hydrogen-bond acceptors (Lipinski definition) is 2. The highest BCUT2D eigenvalue weighted by Gasteiger charge is 2.34. The van der Waals surface area contributed by atoms with E-state index in [2.05, 4.69) is 31.1 Å². The van der Waals surface area contributed by atoms with Crippen LogP contribution in [0.3, 0.4) is 0 Å². The number of hydrogen-bond donors (Lipinski definition) is 1. The van der Waals surface area contributed by atoms with Gasteiger partial charge in [-0.05, 0) is 57.2 Å². The Hall–Kier alpha value is -0.0800. The van der Waals surface area contributed by atoms with Crippen LogP contribution in [0.15, 0.2) is 0 Å². The maximum Gasteiger partial charge on any atom is 0.0100 e. The third-order valence-corrected chi connectivity index (χ3v) is 4.51. The maximum absolute atomic E-state index is 3.32. The lowest BCUT2D eigenvalue weighted by Gasteiger charge is -2.39. The first kappa shape index (κ1) is 12.4. The van der Waals surface area contributed by atoms with Crippen molar-refractivity contribution in [2.45, 2.75) is 52.0 Å². The monoisotopic (exact) mass is 224 g/mol. The van der Waals surface area contributed by atoms with Crippen LogP contribution in [0.4, 0.5) is 0 Å². The molecule has 2 unspecified atom stereocenters. The first-order valence-electron chi connectivity index (χ1n) is 6.99. The molecule has 1 saturated carbocycles. The van der Waals surface area contributed by atoms with Gasteiger partial charge in [-0.25, -0.2) is 0 Å². The van der Waals surface area contributed by atoms with Crippen LogP contribution in [0.25, 0.3) is 0 Å². The van der Waals surface area contributed by atoms with Crippen molar-refractivity contribution in [2.75, 3.05) is 26.7 Å². The summed E-state index contributed by atoms with van der Waals surface area (Å²) >= 11 is 0. The van der Waals surface area contributed by atoms with E-state index >= 15 is 0 Å². The van der Waals surface area contributed by atoms with E-state index in [-0.39, 0.29) is 0 Å². The van der Waals surface area contributed by atoms with Crippen LogP contribution < -0.4 is 5.32 Å². The SMILES string of the molecule is CNCC1CCN(C2CCCC(C)(C)C2)C1. The van der Waals surface area contributed by atoms with E-state index < -0.39 is 0 Å². The summed E-state index contributed by atoms with van der Waals surface area (Å²) in [5.74, 6) is 0.898. The lowest BCUT2D eigenvalue weighted by molar-refractivity contribution is 0.110. The fourth-order valence-electron chi connectivity index (χ4n) is 3.62. The smallest absolute Gasteiger partial charge is 0.0100 e. The normalized spacial score (nSPS) is 35.4. The van der Waals surface area contributed by atoms with E-state index in [1.807, 2.05) is 0 Å². The van der Waals surface area contributed by atoms with Gasteiger partial charge in [0.15, 0.2) is 0 Å². The molecule has 2 nitrogen and oxygen atoms in total. The zero-order chi connectivity index (χ0) is 11.6. The van der Waals surface area contributed by atoms with Crippen LogP contribution in [0, 0.1) is 11.3 Å². The molecule has 0 aromatic rings. The van der Waals surface area contributed by atoms with Gasteiger partial charge < -0.3 is 10.2 Å². The minimum Gasteiger partial charge on any atom is -0.319 e. The molecule has 2 aliphatic rings. The third kappa shape index (κ3) is 2.98. The van der Waals surface area contributed by atoms with Crippen LogP contribution in [0.5, 0.6) is 0 Å². The summed E-state index contributed by atoms with van der Waals surface area (Å²) < 4.78 is 0. The first-order valence-corrected chi connectivity index (χ1v) is 6.99. The molecule has 1 saturated heterocycles. The summed E-state index contributed by atoms with van der Waals surface area (Å²) in [5, 5.41) is 3.32. The second-order valence-electron chi connectivity index (χ2n) is 6.62. The summed E-state index contributed by atoms with van der Waals surface area (Å²) in [6.07, 6.45) is 7.12. The predicted molar refractivity (Wildman–Crippen MR) is 69.6 cm³/mol. The van der Waals surface area contributed by atoms with Gasteiger partial charge in [-0.15, -0.1) is 0 Å². The van der Waals surface area contributed by atoms with E-state index in [1.165, 1.54) is 51.7 Å². The molecule has 2 heteroatoms. The average Bonchev–Trinajstić information content (AvgIpc) is 2.65. The second-order valence-corrected chi connectivity index (χ2v) is 6.62. The van der Waals surface area contributed by atoms with Gasteiger partial charge in [-0.1, -0.05) is 20.3 Å². The lowest BCUT2D eigenvalue weighted by Crippen LogP contribution is -2.40. The average molecular weight is 224 g/mol. The van der Waals surface area contributed by atoms with Crippen molar-refractivity contribution >= 4 is 0 Å². The Morgan fingerprint density at radius 1 is 1.31 bits per heavy atom. The van der Waals surface area contributed by atoms with Gasteiger partial charge in [0.25, 0.3) is 0 Å². The molecule has 0 bridgehead atoms. The number of nitrogens with zero attached hydrogens (tertiary/aromatic N) is 1. The standard InChI is InChI=1S/C14H28N2/c1-14(2)7-4-5-13(9-14)16-8-6-12(11-16)10-15-3/h12-13,15H,4-11H2,1-3H3. The molecule has 0 aromatic carbocycles. The largest absolute Gasteiger partial charge is 0.319 e. The molecule has 16 heavy (non-hydrogen) atoms. The molecule has 1 aliphatic heterocycles. The molecular weight excluding hydrogens is 196 g/mol. The molecule has 1 heterocycles. The van der Waals surface area contributed by atoms with Gasteiger partial charge in [0.05, 0.1) is 0 Å². The third-order valence-electron chi connectivity index (χ3n) is 4.51. The van der Waals surface area contributed by atoms with Crippen molar-refractivity contribution in [3.63, 3.8) is 0 Å². The van der Waals surface area contributed by atoms with Gasteiger partial charge in [0.2, 0.25) is 0 Å². The molecule has 2 fully saturated rings. The highest BCUT2D eigenvalue weighted by atomic mass is 15.2. The summed E-state index contributed by atoms with van der Waals surface area (Å²) in [4.78, 5) is 2.77. The van der Waals surface area contributed by atoms with E-state index in [0.29, 0.717) is 5.41 Å². The summed E-state index contributed by atoms with van der Waals surface area (Å²) in [6, 6.07) is 0.880. The Balaban J connectivity index is 1.84.